The number of halogens is 1. The predicted octanol–water partition coefficient (Wildman–Crippen LogP) is 8.49. The molecule has 0 aliphatic rings. The van der Waals surface area contributed by atoms with Gasteiger partial charge in [0.15, 0.2) is 4.90 Å². The number of hydrogen-bond acceptors (Lipinski definition) is 7. The number of rotatable bonds is 14. The van der Waals surface area contributed by atoms with Gasteiger partial charge in [-0.3, -0.25) is 19.2 Å². The van der Waals surface area contributed by atoms with Gasteiger partial charge in [-0.15, -0.1) is 0 Å². The number of hydrogen-bond donors (Lipinski definition) is 0. The highest BCUT2D eigenvalue weighted by Crippen LogP contribution is 2.36. The number of benzene rings is 5. The molecule has 0 N–H and O–H groups in total. The topological polar surface area (TPSA) is 116 Å². The standard InChI is InChI=1S/C39H37FN2O7S/c1-4-48-38(43)20-18-31-17-19-33(24-35(31)40)41(50(46,47)37-16-9-8-15-36(37)42(44)45)25-30-21-32(39-27(2)11-10-12-28(39)3)23-34(22-30)49-26-29-13-6-5-7-14-29/h5-17,19,21-24H,4,18,20,25-26H2,1-3H3. The highest BCUT2D eigenvalue weighted by molar-refractivity contribution is 7.93. The maximum Gasteiger partial charge on any atom is 0.306 e. The Balaban J connectivity index is 1.62. The molecule has 258 valence electrons. The number of nitro groups is 1. The number of aryl methyl sites for hydroxylation is 3. The van der Waals surface area contributed by atoms with E-state index < -0.39 is 37.3 Å². The van der Waals surface area contributed by atoms with E-state index in [9.17, 15) is 23.3 Å². The van der Waals surface area contributed by atoms with Crippen molar-refractivity contribution in [1.82, 2.24) is 0 Å². The van der Waals surface area contributed by atoms with Crippen LogP contribution in [0.25, 0.3) is 11.1 Å². The Bertz CT molecular complexity index is 2100. The van der Waals surface area contributed by atoms with Gasteiger partial charge >= 0.3 is 5.97 Å². The lowest BCUT2D eigenvalue weighted by Gasteiger charge is -2.26. The van der Waals surface area contributed by atoms with Gasteiger partial charge < -0.3 is 9.47 Å². The third kappa shape index (κ3) is 8.35. The summed E-state index contributed by atoms with van der Waals surface area (Å²) >= 11 is 0. The van der Waals surface area contributed by atoms with E-state index in [1.54, 1.807) is 13.0 Å². The zero-order valence-corrected chi connectivity index (χ0v) is 28.8. The summed E-state index contributed by atoms with van der Waals surface area (Å²) in [4.78, 5) is 22.6. The first-order chi connectivity index (χ1) is 24.0. The van der Waals surface area contributed by atoms with Crippen molar-refractivity contribution in [3.63, 3.8) is 0 Å². The lowest BCUT2D eigenvalue weighted by molar-refractivity contribution is -0.387. The van der Waals surface area contributed by atoms with Crippen molar-refractivity contribution in [3.8, 4) is 16.9 Å². The van der Waals surface area contributed by atoms with Gasteiger partial charge in [-0.1, -0.05) is 66.7 Å². The zero-order valence-electron chi connectivity index (χ0n) is 28.0. The molecule has 0 radical (unpaired) electrons. The third-order valence-electron chi connectivity index (χ3n) is 8.17. The Labute approximate surface area is 291 Å². The molecule has 5 aromatic carbocycles. The van der Waals surface area contributed by atoms with Crippen molar-refractivity contribution < 1.29 is 32.0 Å². The summed E-state index contributed by atoms with van der Waals surface area (Å²) in [5, 5.41) is 12.0. The Morgan fingerprint density at radius 1 is 0.860 bits per heavy atom. The molecule has 0 atom stereocenters. The predicted molar refractivity (Wildman–Crippen MR) is 190 cm³/mol. The average Bonchev–Trinajstić information content (AvgIpc) is 3.09. The summed E-state index contributed by atoms with van der Waals surface area (Å²) in [5.74, 6) is -0.733. The fraction of sp³-hybridized carbons (Fsp3) is 0.205. The van der Waals surface area contributed by atoms with Crippen LogP contribution in [0.5, 0.6) is 5.75 Å². The first-order valence-electron chi connectivity index (χ1n) is 16.1. The Hall–Kier alpha value is -5.55. The molecule has 5 aromatic rings. The fourth-order valence-corrected chi connectivity index (χ4v) is 7.39. The van der Waals surface area contributed by atoms with Gasteiger partial charge in [-0.25, -0.2) is 12.8 Å². The molecular formula is C39H37FN2O7S. The second-order valence-corrected chi connectivity index (χ2v) is 13.6. The van der Waals surface area contributed by atoms with E-state index in [-0.39, 0.29) is 43.9 Å². The molecule has 0 fully saturated rings. The Morgan fingerprint density at radius 2 is 1.56 bits per heavy atom. The second kappa shape index (κ2) is 15.8. The first kappa shape index (κ1) is 35.7. The van der Waals surface area contributed by atoms with Crippen molar-refractivity contribution in [1.29, 1.82) is 0 Å². The van der Waals surface area contributed by atoms with E-state index in [0.29, 0.717) is 11.3 Å². The Morgan fingerprint density at radius 3 is 2.24 bits per heavy atom. The van der Waals surface area contributed by atoms with Gasteiger partial charge in [0, 0.05) is 12.5 Å². The molecule has 11 heteroatoms. The minimum atomic E-state index is -4.64. The minimum absolute atomic E-state index is 0.0434. The van der Waals surface area contributed by atoms with Crippen LogP contribution in [-0.4, -0.2) is 25.9 Å². The molecule has 0 saturated heterocycles. The molecule has 0 aromatic heterocycles. The lowest BCUT2D eigenvalue weighted by Crippen LogP contribution is -2.31. The number of para-hydroxylation sites is 1. The van der Waals surface area contributed by atoms with Crippen molar-refractivity contribution in [2.45, 2.75) is 51.7 Å². The average molecular weight is 697 g/mol. The number of nitro benzene ring substituents is 1. The largest absolute Gasteiger partial charge is 0.489 e. The molecule has 0 aliphatic carbocycles. The van der Waals surface area contributed by atoms with Crippen LogP contribution < -0.4 is 9.04 Å². The molecule has 9 nitrogen and oxygen atoms in total. The van der Waals surface area contributed by atoms with Crippen LogP contribution in [0.2, 0.25) is 0 Å². The second-order valence-electron chi connectivity index (χ2n) is 11.7. The van der Waals surface area contributed by atoms with Crippen LogP contribution in [0.4, 0.5) is 15.8 Å². The van der Waals surface area contributed by atoms with Crippen LogP contribution in [0.15, 0.2) is 114 Å². The van der Waals surface area contributed by atoms with Gasteiger partial charge in [0.25, 0.3) is 15.7 Å². The van der Waals surface area contributed by atoms with E-state index >= 15 is 4.39 Å². The zero-order chi connectivity index (χ0) is 35.8. The van der Waals surface area contributed by atoms with E-state index in [4.69, 9.17) is 9.47 Å². The molecule has 50 heavy (non-hydrogen) atoms. The van der Waals surface area contributed by atoms with E-state index in [1.807, 2.05) is 74.5 Å². The summed E-state index contributed by atoms with van der Waals surface area (Å²) in [6, 6.07) is 29.9. The van der Waals surface area contributed by atoms with Crippen LogP contribution >= 0.6 is 0 Å². The van der Waals surface area contributed by atoms with Crippen molar-refractivity contribution in [2.75, 3.05) is 10.9 Å². The number of esters is 1. The quantitative estimate of drug-likeness (QED) is 0.0650. The van der Waals surface area contributed by atoms with Crippen LogP contribution in [-0.2, 0) is 39.1 Å². The van der Waals surface area contributed by atoms with Crippen molar-refractivity contribution in [2.24, 2.45) is 0 Å². The molecule has 0 aliphatic heterocycles. The minimum Gasteiger partial charge on any atom is -0.489 e. The van der Waals surface area contributed by atoms with Gasteiger partial charge in [-0.2, -0.15) is 0 Å². The SMILES string of the molecule is CCOC(=O)CCc1ccc(N(Cc2cc(OCc3ccccc3)cc(-c3c(C)cccc3C)c2)S(=O)(=O)c2ccccc2[N+](=O)[O-])cc1F. The smallest absolute Gasteiger partial charge is 0.306 e. The number of carbonyl (C=O) groups excluding carboxylic acids is 1. The molecule has 0 spiro atoms. The van der Waals surface area contributed by atoms with Crippen molar-refractivity contribution >= 4 is 27.4 Å². The molecule has 5 rings (SSSR count). The summed E-state index contributed by atoms with van der Waals surface area (Å²) in [7, 11) is -4.64. The molecule has 0 unspecified atom stereocenters. The summed E-state index contributed by atoms with van der Waals surface area (Å²) < 4.78 is 56.5. The number of ether oxygens (including phenoxy) is 2. The van der Waals surface area contributed by atoms with E-state index in [0.717, 1.165) is 50.3 Å². The number of anilines is 1. The van der Waals surface area contributed by atoms with Gasteiger partial charge in [0.2, 0.25) is 0 Å². The van der Waals surface area contributed by atoms with Gasteiger partial charge in [0.1, 0.15) is 18.2 Å². The number of sulfonamides is 1. The maximum atomic E-state index is 15.6. The van der Waals surface area contributed by atoms with E-state index in [1.165, 1.54) is 24.3 Å². The van der Waals surface area contributed by atoms with Crippen molar-refractivity contribution in [3.05, 3.63) is 153 Å². The summed E-state index contributed by atoms with van der Waals surface area (Å²) in [5.41, 5.74) is 4.70. The van der Waals surface area contributed by atoms with Gasteiger partial charge in [-0.05, 0) is 103 Å². The fourth-order valence-electron chi connectivity index (χ4n) is 5.78. The van der Waals surface area contributed by atoms with Crippen LogP contribution in [0, 0.1) is 29.8 Å². The molecule has 0 amide bonds. The molecule has 0 saturated carbocycles. The highest BCUT2D eigenvalue weighted by atomic mass is 32.2. The summed E-state index contributed by atoms with van der Waals surface area (Å²) in [6.07, 6.45) is -0.0129. The number of nitrogens with zero attached hydrogens (tertiary/aromatic N) is 2. The molecule has 0 bridgehead atoms. The van der Waals surface area contributed by atoms with Crippen LogP contribution in [0.3, 0.4) is 0 Å². The monoisotopic (exact) mass is 696 g/mol. The summed E-state index contributed by atoms with van der Waals surface area (Å²) in [6.45, 7) is 5.79. The maximum absolute atomic E-state index is 15.6. The lowest BCUT2D eigenvalue weighted by atomic mass is 9.94. The van der Waals surface area contributed by atoms with Crippen LogP contribution in [0.1, 0.15) is 41.2 Å². The third-order valence-corrected chi connectivity index (χ3v) is 9.99. The highest BCUT2D eigenvalue weighted by Gasteiger charge is 2.32. The first-order valence-corrected chi connectivity index (χ1v) is 17.5. The van der Waals surface area contributed by atoms with Gasteiger partial charge in [0.05, 0.1) is 23.8 Å². The van der Waals surface area contributed by atoms with E-state index in [2.05, 4.69) is 0 Å². The Kier molecular flexibility index (Phi) is 11.3. The normalized spacial score (nSPS) is 11.2. The number of carbonyl (C=O) groups is 1. The molecular weight excluding hydrogens is 660 g/mol. The molecule has 0 heterocycles.